The number of rotatable bonds is 4. The minimum atomic E-state index is -1.04. The van der Waals surface area contributed by atoms with Crippen LogP contribution in [-0.4, -0.2) is 40.1 Å². The van der Waals surface area contributed by atoms with Gasteiger partial charge in [0.25, 0.3) is 5.91 Å². The molecule has 3 heterocycles. The molecular weight excluding hydrogens is 416 g/mol. The van der Waals surface area contributed by atoms with Gasteiger partial charge in [0, 0.05) is 22.1 Å². The number of aliphatic hydroxyl groups excluding tert-OH is 1. The molecule has 10 heteroatoms. The highest BCUT2D eigenvalue weighted by molar-refractivity contribution is 7.14. The van der Waals surface area contributed by atoms with Gasteiger partial charge in [-0.3, -0.25) is 9.59 Å². The number of carbonyl (C=O) groups excluding carboxylic acids is 3. The molecule has 0 spiro atoms. The van der Waals surface area contributed by atoms with Crippen LogP contribution in [0.5, 0.6) is 0 Å². The van der Waals surface area contributed by atoms with Crippen LogP contribution in [0.25, 0.3) is 0 Å². The van der Waals surface area contributed by atoms with Gasteiger partial charge in [-0.25, -0.2) is 4.79 Å². The van der Waals surface area contributed by atoms with Crippen LogP contribution < -0.4 is 16.0 Å². The molecular formula is C19H19ClN4O4S. The standard InChI is InChI=1S/C19H19ClN4O4S/c1-9-2-3-11(5-13(9)20)22-19(28)21-7-12-4-10-8-24(18(27)16(10)29-12)14-6-15(25)23-17(14)26/h2-5,14,17,26H,6-8H2,1H3,(H,23,25)(H2,21,22,28). The molecule has 0 saturated carbocycles. The number of carbonyl (C=O) groups is 3. The zero-order chi connectivity index (χ0) is 20.7. The molecule has 2 unspecified atom stereocenters. The number of amides is 4. The Hall–Kier alpha value is -2.62. The maximum Gasteiger partial charge on any atom is 0.319 e. The van der Waals surface area contributed by atoms with Crippen molar-refractivity contribution in [2.24, 2.45) is 0 Å². The van der Waals surface area contributed by atoms with E-state index >= 15 is 0 Å². The molecule has 2 aliphatic rings. The summed E-state index contributed by atoms with van der Waals surface area (Å²) in [5, 5.41) is 18.4. The number of hydrogen-bond donors (Lipinski definition) is 4. The molecule has 2 aromatic rings. The van der Waals surface area contributed by atoms with Crippen molar-refractivity contribution in [2.45, 2.75) is 38.7 Å². The van der Waals surface area contributed by atoms with E-state index < -0.39 is 12.3 Å². The summed E-state index contributed by atoms with van der Waals surface area (Å²) in [6.07, 6.45) is -0.944. The van der Waals surface area contributed by atoms with Crippen LogP contribution in [0.2, 0.25) is 5.02 Å². The average Bonchev–Trinajstić information content (AvgIpc) is 3.30. The van der Waals surface area contributed by atoms with E-state index in [0.29, 0.717) is 22.1 Å². The molecule has 152 valence electrons. The van der Waals surface area contributed by atoms with Crippen LogP contribution in [0.15, 0.2) is 24.3 Å². The number of aryl methyl sites for hydroxylation is 1. The third kappa shape index (κ3) is 3.93. The van der Waals surface area contributed by atoms with Gasteiger partial charge in [0.2, 0.25) is 5.91 Å². The lowest BCUT2D eigenvalue weighted by Crippen LogP contribution is -2.43. The molecule has 0 radical (unpaired) electrons. The van der Waals surface area contributed by atoms with Crippen LogP contribution in [0.1, 0.15) is 32.1 Å². The predicted octanol–water partition coefficient (Wildman–Crippen LogP) is 2.19. The van der Waals surface area contributed by atoms with Crippen molar-refractivity contribution < 1.29 is 19.5 Å². The molecule has 29 heavy (non-hydrogen) atoms. The Morgan fingerprint density at radius 2 is 2.17 bits per heavy atom. The van der Waals surface area contributed by atoms with Gasteiger partial charge in [0.15, 0.2) is 0 Å². The lowest BCUT2D eigenvalue weighted by Gasteiger charge is -2.25. The van der Waals surface area contributed by atoms with Crippen molar-refractivity contribution in [1.82, 2.24) is 15.5 Å². The number of urea groups is 1. The van der Waals surface area contributed by atoms with Gasteiger partial charge in [0.1, 0.15) is 6.23 Å². The van der Waals surface area contributed by atoms with Crippen LogP contribution >= 0.6 is 22.9 Å². The number of benzene rings is 1. The first-order chi connectivity index (χ1) is 13.8. The van der Waals surface area contributed by atoms with E-state index in [4.69, 9.17) is 11.6 Å². The fourth-order valence-electron chi connectivity index (χ4n) is 3.44. The van der Waals surface area contributed by atoms with E-state index in [1.54, 1.807) is 12.1 Å². The van der Waals surface area contributed by atoms with Gasteiger partial charge in [-0.2, -0.15) is 0 Å². The molecule has 4 N–H and O–H groups in total. The van der Waals surface area contributed by atoms with Crippen LogP contribution in [0, 0.1) is 6.92 Å². The number of thiophene rings is 1. The van der Waals surface area contributed by atoms with Gasteiger partial charge in [-0.15, -0.1) is 11.3 Å². The second-order valence-electron chi connectivity index (χ2n) is 7.06. The molecule has 1 fully saturated rings. The highest BCUT2D eigenvalue weighted by Gasteiger charge is 2.42. The van der Waals surface area contributed by atoms with Gasteiger partial charge < -0.3 is 26.0 Å². The summed E-state index contributed by atoms with van der Waals surface area (Å²) in [6.45, 7) is 2.50. The number of nitrogens with one attached hydrogen (secondary N) is 3. The Morgan fingerprint density at radius 1 is 1.38 bits per heavy atom. The van der Waals surface area contributed by atoms with Crippen LogP contribution in [0.3, 0.4) is 0 Å². The van der Waals surface area contributed by atoms with E-state index in [1.807, 2.05) is 19.1 Å². The smallest absolute Gasteiger partial charge is 0.319 e. The zero-order valence-electron chi connectivity index (χ0n) is 15.5. The highest BCUT2D eigenvalue weighted by atomic mass is 35.5. The fourth-order valence-corrected chi connectivity index (χ4v) is 4.69. The minimum Gasteiger partial charge on any atom is -0.372 e. The Kier molecular flexibility index (Phi) is 5.20. The number of aliphatic hydroxyl groups is 1. The van der Waals surface area contributed by atoms with Crippen LogP contribution in [-0.2, 0) is 17.9 Å². The van der Waals surface area contributed by atoms with Crippen LogP contribution in [0.4, 0.5) is 10.5 Å². The van der Waals surface area contributed by atoms with E-state index in [1.165, 1.54) is 16.2 Å². The summed E-state index contributed by atoms with van der Waals surface area (Å²) in [6, 6.07) is 6.22. The minimum absolute atomic E-state index is 0.0967. The van der Waals surface area contributed by atoms with Crippen molar-refractivity contribution in [3.63, 3.8) is 0 Å². The number of nitrogens with zero attached hydrogens (tertiary/aromatic N) is 1. The third-order valence-electron chi connectivity index (χ3n) is 4.98. The molecule has 1 aromatic carbocycles. The molecule has 0 aliphatic carbocycles. The summed E-state index contributed by atoms with van der Waals surface area (Å²) >= 11 is 7.36. The maximum atomic E-state index is 12.7. The molecule has 4 amide bonds. The largest absolute Gasteiger partial charge is 0.372 e. The molecule has 8 nitrogen and oxygen atoms in total. The third-order valence-corrected chi connectivity index (χ3v) is 6.55. The quantitative estimate of drug-likeness (QED) is 0.591. The highest BCUT2D eigenvalue weighted by Crippen LogP contribution is 2.34. The summed E-state index contributed by atoms with van der Waals surface area (Å²) < 4.78 is 0. The van der Waals surface area contributed by atoms with Gasteiger partial charge in [-0.05, 0) is 36.2 Å². The fraction of sp³-hybridized carbons (Fsp3) is 0.316. The predicted molar refractivity (Wildman–Crippen MR) is 109 cm³/mol. The normalized spacial score (nSPS) is 20.6. The molecule has 4 rings (SSSR count). The second-order valence-corrected chi connectivity index (χ2v) is 8.60. The Bertz CT molecular complexity index is 1010. The van der Waals surface area contributed by atoms with Crippen molar-refractivity contribution in [3.05, 3.63) is 50.2 Å². The first-order valence-corrected chi connectivity index (χ1v) is 10.2. The zero-order valence-corrected chi connectivity index (χ0v) is 17.1. The van der Waals surface area contributed by atoms with Crippen molar-refractivity contribution in [2.75, 3.05) is 5.32 Å². The van der Waals surface area contributed by atoms with Gasteiger partial charge in [-0.1, -0.05) is 17.7 Å². The van der Waals surface area contributed by atoms with Crippen molar-refractivity contribution in [1.29, 1.82) is 0 Å². The molecule has 2 aliphatic heterocycles. The summed E-state index contributed by atoms with van der Waals surface area (Å²) in [5.74, 6) is -0.466. The summed E-state index contributed by atoms with van der Waals surface area (Å²) in [5.41, 5.74) is 2.36. The van der Waals surface area contributed by atoms with E-state index in [2.05, 4.69) is 16.0 Å². The number of halogens is 1. The summed E-state index contributed by atoms with van der Waals surface area (Å²) in [7, 11) is 0. The molecule has 0 bridgehead atoms. The van der Waals surface area contributed by atoms with E-state index in [0.717, 1.165) is 16.0 Å². The lowest BCUT2D eigenvalue weighted by molar-refractivity contribution is -0.120. The SMILES string of the molecule is Cc1ccc(NC(=O)NCc2cc3c(s2)C(=O)N(C2CC(=O)NC2O)C3)cc1Cl. The Balaban J connectivity index is 1.34. The lowest BCUT2D eigenvalue weighted by atomic mass is 10.2. The second kappa shape index (κ2) is 7.66. The monoisotopic (exact) mass is 434 g/mol. The number of hydrogen-bond acceptors (Lipinski definition) is 5. The van der Waals surface area contributed by atoms with Gasteiger partial charge >= 0.3 is 6.03 Å². The van der Waals surface area contributed by atoms with Crippen molar-refractivity contribution >= 4 is 46.5 Å². The van der Waals surface area contributed by atoms with E-state index in [9.17, 15) is 19.5 Å². The Labute approximate surface area is 175 Å². The topological polar surface area (TPSA) is 111 Å². The number of anilines is 1. The van der Waals surface area contributed by atoms with Gasteiger partial charge in [0.05, 0.1) is 23.9 Å². The number of fused-ring (bicyclic) bond motifs is 1. The molecule has 1 aromatic heterocycles. The first kappa shape index (κ1) is 19.7. The first-order valence-electron chi connectivity index (χ1n) is 9.03. The molecule has 1 saturated heterocycles. The Morgan fingerprint density at radius 3 is 2.83 bits per heavy atom. The van der Waals surface area contributed by atoms with E-state index in [-0.39, 0.29) is 30.8 Å². The molecule has 2 atom stereocenters. The average molecular weight is 435 g/mol. The maximum absolute atomic E-state index is 12.7. The van der Waals surface area contributed by atoms with Crippen molar-refractivity contribution in [3.8, 4) is 0 Å². The summed E-state index contributed by atoms with van der Waals surface area (Å²) in [4.78, 5) is 39.2.